The molecule has 16 heavy (non-hydrogen) atoms. The van der Waals surface area contributed by atoms with Crippen LogP contribution in [-0.2, 0) is 9.59 Å². The fourth-order valence-corrected chi connectivity index (χ4v) is 1.24. The molecule has 0 aliphatic heterocycles. The molecule has 0 aliphatic rings. The second kappa shape index (κ2) is 6.12. The van der Waals surface area contributed by atoms with E-state index < -0.39 is 0 Å². The molecule has 1 rings (SSSR count). The van der Waals surface area contributed by atoms with Crippen molar-refractivity contribution < 1.29 is 9.59 Å². The summed E-state index contributed by atoms with van der Waals surface area (Å²) in [7, 11) is 0. The van der Waals surface area contributed by atoms with Gasteiger partial charge in [-0.15, -0.1) is 0 Å². The van der Waals surface area contributed by atoms with E-state index in [9.17, 15) is 9.59 Å². The summed E-state index contributed by atoms with van der Waals surface area (Å²) in [6.07, 6.45) is 0.360. The molecule has 1 aromatic carbocycles. The van der Waals surface area contributed by atoms with Crippen LogP contribution in [0.2, 0.25) is 5.02 Å². The first-order chi connectivity index (χ1) is 7.63. The number of rotatable bonds is 4. The van der Waals surface area contributed by atoms with Gasteiger partial charge in [-0.3, -0.25) is 9.59 Å². The Kier molecular flexibility index (Phi) is 4.79. The van der Waals surface area contributed by atoms with E-state index in [4.69, 9.17) is 11.6 Å². The largest absolute Gasteiger partial charge is 0.347 e. The van der Waals surface area contributed by atoms with Crippen molar-refractivity contribution in [2.45, 2.75) is 13.3 Å². The predicted molar refractivity (Wildman–Crippen MR) is 63.4 cm³/mol. The number of para-hydroxylation sites is 1. The highest BCUT2D eigenvalue weighted by Gasteiger charge is 2.06. The minimum absolute atomic E-state index is 0.0438. The van der Waals surface area contributed by atoms with Crippen molar-refractivity contribution in [3.05, 3.63) is 29.3 Å². The average Bonchev–Trinajstić information content (AvgIpc) is 2.29. The van der Waals surface area contributed by atoms with Gasteiger partial charge < -0.3 is 10.6 Å². The molecule has 0 aromatic heterocycles. The molecule has 0 spiro atoms. The average molecular weight is 241 g/mol. The molecule has 0 radical (unpaired) electrons. The summed E-state index contributed by atoms with van der Waals surface area (Å²) >= 11 is 5.86. The fraction of sp³-hybridized carbons (Fsp3) is 0.273. The van der Waals surface area contributed by atoms with Crippen molar-refractivity contribution in [1.82, 2.24) is 5.32 Å². The van der Waals surface area contributed by atoms with Gasteiger partial charge in [-0.2, -0.15) is 0 Å². The predicted octanol–water partition coefficient (Wildman–Crippen LogP) is 1.80. The van der Waals surface area contributed by atoms with Crippen molar-refractivity contribution in [1.29, 1.82) is 0 Å². The Labute approximate surface area is 99.0 Å². The third kappa shape index (κ3) is 3.90. The zero-order valence-corrected chi connectivity index (χ0v) is 9.67. The molecule has 0 aliphatic carbocycles. The van der Waals surface area contributed by atoms with Crippen LogP contribution in [0.5, 0.6) is 0 Å². The summed E-state index contributed by atoms with van der Waals surface area (Å²) in [5.74, 6) is -0.454. The Bertz CT molecular complexity index is 393. The number of hydrogen-bond donors (Lipinski definition) is 2. The Morgan fingerprint density at radius 3 is 2.56 bits per heavy atom. The lowest BCUT2D eigenvalue weighted by Crippen LogP contribution is -2.32. The van der Waals surface area contributed by atoms with Crippen molar-refractivity contribution >= 4 is 29.1 Å². The van der Waals surface area contributed by atoms with Crippen LogP contribution in [0.25, 0.3) is 0 Å². The molecule has 0 unspecified atom stereocenters. The molecule has 2 amide bonds. The molecule has 0 atom stereocenters. The highest BCUT2D eigenvalue weighted by atomic mass is 35.5. The van der Waals surface area contributed by atoms with Gasteiger partial charge in [0.05, 0.1) is 17.3 Å². The molecule has 0 fully saturated rings. The summed E-state index contributed by atoms with van der Waals surface area (Å²) in [4.78, 5) is 22.3. The quantitative estimate of drug-likeness (QED) is 0.843. The monoisotopic (exact) mass is 240 g/mol. The van der Waals surface area contributed by atoms with Crippen molar-refractivity contribution in [3.63, 3.8) is 0 Å². The Hall–Kier alpha value is -1.55. The van der Waals surface area contributed by atoms with Crippen molar-refractivity contribution in [2.24, 2.45) is 0 Å². The van der Waals surface area contributed by atoms with Crippen LogP contribution in [0.15, 0.2) is 24.3 Å². The standard InChI is InChI=1S/C11H13ClN2O2/c1-2-10(15)13-7-11(16)14-9-6-4-3-5-8(9)12/h3-6H,2,7H2,1H3,(H,13,15)(H,14,16). The second-order valence-electron chi connectivity index (χ2n) is 3.16. The lowest BCUT2D eigenvalue weighted by Gasteiger charge is -2.07. The van der Waals surface area contributed by atoms with Crippen LogP contribution in [0, 0.1) is 0 Å². The molecule has 1 aromatic rings. The van der Waals surface area contributed by atoms with Crippen molar-refractivity contribution in [2.75, 3.05) is 11.9 Å². The third-order valence-electron chi connectivity index (χ3n) is 1.92. The Morgan fingerprint density at radius 1 is 1.25 bits per heavy atom. The summed E-state index contributed by atoms with van der Waals surface area (Å²) in [5.41, 5.74) is 0.542. The molecule has 0 bridgehead atoms. The van der Waals surface area contributed by atoms with Gasteiger partial charge in [-0.25, -0.2) is 0 Å². The maximum atomic E-state index is 11.4. The van der Waals surface area contributed by atoms with E-state index in [1.165, 1.54) is 0 Å². The van der Waals surface area contributed by atoms with Crippen molar-refractivity contribution in [3.8, 4) is 0 Å². The van der Waals surface area contributed by atoms with E-state index in [2.05, 4.69) is 10.6 Å². The summed E-state index contributed by atoms with van der Waals surface area (Å²) in [6, 6.07) is 6.92. The summed E-state index contributed by atoms with van der Waals surface area (Å²) in [5, 5.41) is 5.55. The van der Waals surface area contributed by atoms with Crippen LogP contribution in [0.3, 0.4) is 0 Å². The SMILES string of the molecule is CCC(=O)NCC(=O)Nc1ccccc1Cl. The molecule has 2 N–H and O–H groups in total. The van der Waals surface area contributed by atoms with Gasteiger partial charge in [-0.1, -0.05) is 30.7 Å². The first-order valence-electron chi connectivity index (χ1n) is 4.94. The maximum Gasteiger partial charge on any atom is 0.243 e. The highest BCUT2D eigenvalue weighted by Crippen LogP contribution is 2.19. The van der Waals surface area contributed by atoms with Gasteiger partial charge in [-0.05, 0) is 12.1 Å². The van der Waals surface area contributed by atoms with Gasteiger partial charge in [0, 0.05) is 6.42 Å². The van der Waals surface area contributed by atoms with Gasteiger partial charge in [0.25, 0.3) is 0 Å². The molecule has 86 valence electrons. The fourth-order valence-electron chi connectivity index (χ4n) is 1.06. The molecule has 0 heterocycles. The highest BCUT2D eigenvalue weighted by molar-refractivity contribution is 6.33. The van der Waals surface area contributed by atoms with Crippen LogP contribution in [0.4, 0.5) is 5.69 Å². The summed E-state index contributed by atoms with van der Waals surface area (Å²) < 4.78 is 0. The number of carbonyl (C=O) groups is 2. The van der Waals surface area contributed by atoms with Gasteiger partial charge in [0.2, 0.25) is 11.8 Å². The molecule has 5 heteroatoms. The lowest BCUT2D eigenvalue weighted by molar-refractivity contribution is -0.123. The third-order valence-corrected chi connectivity index (χ3v) is 2.24. The molecule has 4 nitrogen and oxygen atoms in total. The zero-order valence-electron chi connectivity index (χ0n) is 8.92. The van der Waals surface area contributed by atoms with E-state index >= 15 is 0 Å². The number of nitrogens with one attached hydrogen (secondary N) is 2. The number of benzene rings is 1. The molecule has 0 saturated heterocycles. The van der Waals surface area contributed by atoms with Crippen LogP contribution in [0.1, 0.15) is 13.3 Å². The number of carbonyl (C=O) groups excluding carboxylic acids is 2. The number of halogens is 1. The Morgan fingerprint density at radius 2 is 1.94 bits per heavy atom. The van der Waals surface area contributed by atoms with Gasteiger partial charge >= 0.3 is 0 Å². The number of amides is 2. The topological polar surface area (TPSA) is 58.2 Å². The first kappa shape index (κ1) is 12.5. The van der Waals surface area contributed by atoms with Crippen LogP contribution < -0.4 is 10.6 Å². The van der Waals surface area contributed by atoms with Gasteiger partial charge in [0.15, 0.2) is 0 Å². The lowest BCUT2D eigenvalue weighted by atomic mass is 10.3. The number of anilines is 1. The van der Waals surface area contributed by atoms with E-state index in [0.29, 0.717) is 17.1 Å². The number of hydrogen-bond acceptors (Lipinski definition) is 2. The van der Waals surface area contributed by atoms with E-state index in [1.807, 2.05) is 0 Å². The minimum atomic E-state index is -0.296. The normalized spacial score (nSPS) is 9.62. The molecule has 0 saturated carbocycles. The van der Waals surface area contributed by atoms with E-state index in [-0.39, 0.29) is 18.4 Å². The minimum Gasteiger partial charge on any atom is -0.347 e. The van der Waals surface area contributed by atoms with E-state index in [0.717, 1.165) is 0 Å². The van der Waals surface area contributed by atoms with Crippen LogP contribution >= 0.6 is 11.6 Å². The van der Waals surface area contributed by atoms with Crippen LogP contribution in [-0.4, -0.2) is 18.4 Å². The molecular formula is C11H13ClN2O2. The zero-order chi connectivity index (χ0) is 12.0. The van der Waals surface area contributed by atoms with E-state index in [1.54, 1.807) is 31.2 Å². The summed E-state index contributed by atoms with van der Waals surface area (Å²) in [6.45, 7) is 1.68. The van der Waals surface area contributed by atoms with Gasteiger partial charge in [0.1, 0.15) is 0 Å². The smallest absolute Gasteiger partial charge is 0.243 e. The first-order valence-corrected chi connectivity index (χ1v) is 5.32. The molecular weight excluding hydrogens is 228 g/mol. The Balaban J connectivity index is 2.46. The maximum absolute atomic E-state index is 11.4. The second-order valence-corrected chi connectivity index (χ2v) is 3.57.